The van der Waals surface area contributed by atoms with Gasteiger partial charge in [0.1, 0.15) is 0 Å². The topological polar surface area (TPSA) is 27.0 Å². The van der Waals surface area contributed by atoms with E-state index >= 15 is 0 Å². The van der Waals surface area contributed by atoms with E-state index in [1.165, 1.54) is 11.1 Å². The van der Waals surface area contributed by atoms with Crippen molar-refractivity contribution in [2.24, 2.45) is 0 Å². The van der Waals surface area contributed by atoms with Crippen LogP contribution in [0.5, 0.6) is 0 Å². The van der Waals surface area contributed by atoms with Crippen LogP contribution in [-0.4, -0.2) is 18.0 Å². The third-order valence-electron chi connectivity index (χ3n) is 4.63. The normalized spacial score (nSPS) is 20.5. The molecule has 2 aromatic rings. The van der Waals surface area contributed by atoms with Gasteiger partial charge in [0.05, 0.1) is 12.1 Å². The van der Waals surface area contributed by atoms with Crippen LogP contribution in [0.3, 0.4) is 0 Å². The van der Waals surface area contributed by atoms with E-state index in [0.717, 1.165) is 41.2 Å². The molecule has 0 saturated heterocycles. The zero-order valence-corrected chi connectivity index (χ0v) is 12.8. The second-order valence-electron chi connectivity index (χ2n) is 5.83. The molecule has 0 saturated carbocycles. The van der Waals surface area contributed by atoms with Gasteiger partial charge in [-0.1, -0.05) is 48.0 Å². The number of rotatable bonds is 1. The van der Waals surface area contributed by atoms with Crippen molar-refractivity contribution in [2.75, 3.05) is 13.1 Å². The van der Waals surface area contributed by atoms with Gasteiger partial charge in [-0.2, -0.15) is 5.26 Å². The standard InChI is InChI=1S/C19H15ClN2/c20-16-7-5-14(6-8-16)18-15(11-21)12-22-10-9-13-3-1-2-4-17(13)19(18)22/h1-8,19H,9-10,12H2. The number of fused-ring (bicyclic) bond motifs is 3. The van der Waals surface area contributed by atoms with Gasteiger partial charge in [-0.15, -0.1) is 0 Å². The highest BCUT2D eigenvalue weighted by Gasteiger charge is 2.37. The van der Waals surface area contributed by atoms with Crippen LogP contribution >= 0.6 is 11.6 Å². The second kappa shape index (κ2) is 5.28. The summed E-state index contributed by atoms with van der Waals surface area (Å²) in [5.74, 6) is 0. The molecule has 108 valence electrons. The van der Waals surface area contributed by atoms with Gasteiger partial charge in [-0.3, -0.25) is 4.90 Å². The zero-order valence-electron chi connectivity index (χ0n) is 12.1. The van der Waals surface area contributed by atoms with Crippen LogP contribution in [0.25, 0.3) is 5.57 Å². The summed E-state index contributed by atoms with van der Waals surface area (Å²) in [6.45, 7) is 1.75. The van der Waals surface area contributed by atoms with Crippen LogP contribution in [0.2, 0.25) is 5.02 Å². The number of nitrogens with zero attached hydrogens (tertiary/aromatic N) is 2. The molecule has 0 fully saturated rings. The summed E-state index contributed by atoms with van der Waals surface area (Å²) in [6, 6.07) is 19.0. The highest BCUT2D eigenvalue weighted by molar-refractivity contribution is 6.30. The molecule has 2 aromatic carbocycles. The molecule has 4 rings (SSSR count). The Bertz CT molecular complexity index is 799. The smallest absolute Gasteiger partial charge is 0.0964 e. The lowest BCUT2D eigenvalue weighted by atomic mass is 9.86. The van der Waals surface area contributed by atoms with E-state index in [1.54, 1.807) is 0 Å². The molecule has 2 aliphatic rings. The van der Waals surface area contributed by atoms with Crippen molar-refractivity contribution in [1.82, 2.24) is 4.90 Å². The molecule has 0 aliphatic carbocycles. The van der Waals surface area contributed by atoms with E-state index in [0.29, 0.717) is 0 Å². The van der Waals surface area contributed by atoms with E-state index in [4.69, 9.17) is 11.6 Å². The molecule has 2 nitrogen and oxygen atoms in total. The number of nitriles is 1. The first-order valence-corrected chi connectivity index (χ1v) is 7.86. The summed E-state index contributed by atoms with van der Waals surface area (Å²) < 4.78 is 0. The number of halogens is 1. The maximum Gasteiger partial charge on any atom is 0.0964 e. The Morgan fingerprint density at radius 2 is 1.86 bits per heavy atom. The summed E-state index contributed by atoms with van der Waals surface area (Å²) in [5.41, 5.74) is 5.86. The maximum absolute atomic E-state index is 9.59. The van der Waals surface area contributed by atoms with Crippen molar-refractivity contribution < 1.29 is 0 Å². The lowest BCUT2D eigenvalue weighted by Crippen LogP contribution is -2.32. The first-order valence-electron chi connectivity index (χ1n) is 7.49. The average molecular weight is 307 g/mol. The Balaban J connectivity index is 1.88. The molecule has 22 heavy (non-hydrogen) atoms. The quantitative estimate of drug-likeness (QED) is 0.788. The third-order valence-corrected chi connectivity index (χ3v) is 4.89. The summed E-state index contributed by atoms with van der Waals surface area (Å²) >= 11 is 6.02. The minimum Gasteiger partial charge on any atom is -0.287 e. The first kappa shape index (κ1) is 13.6. The van der Waals surface area contributed by atoms with Gasteiger partial charge in [0.25, 0.3) is 0 Å². The van der Waals surface area contributed by atoms with Crippen molar-refractivity contribution in [2.45, 2.75) is 12.5 Å². The Kier molecular flexibility index (Phi) is 3.26. The third kappa shape index (κ3) is 2.06. The predicted molar refractivity (Wildman–Crippen MR) is 88.4 cm³/mol. The van der Waals surface area contributed by atoms with Crippen molar-refractivity contribution >= 4 is 17.2 Å². The molecule has 0 amide bonds. The fourth-order valence-electron chi connectivity index (χ4n) is 3.64. The van der Waals surface area contributed by atoms with Crippen LogP contribution in [0.15, 0.2) is 54.1 Å². The summed E-state index contributed by atoms with van der Waals surface area (Å²) in [5, 5.41) is 10.3. The van der Waals surface area contributed by atoms with Gasteiger partial charge >= 0.3 is 0 Å². The summed E-state index contributed by atoms with van der Waals surface area (Å²) in [6.07, 6.45) is 1.05. The molecular weight excluding hydrogens is 292 g/mol. The fourth-order valence-corrected chi connectivity index (χ4v) is 3.76. The lowest BCUT2D eigenvalue weighted by molar-refractivity contribution is 0.265. The molecule has 0 bridgehead atoms. The zero-order chi connectivity index (χ0) is 15.1. The van der Waals surface area contributed by atoms with Crippen molar-refractivity contribution in [3.63, 3.8) is 0 Å². The predicted octanol–water partition coefficient (Wildman–Crippen LogP) is 4.23. The van der Waals surface area contributed by atoms with Gasteiger partial charge < -0.3 is 0 Å². The molecule has 2 heterocycles. The van der Waals surface area contributed by atoms with Crippen LogP contribution < -0.4 is 0 Å². The van der Waals surface area contributed by atoms with Crippen LogP contribution in [0.4, 0.5) is 0 Å². The van der Waals surface area contributed by atoms with Crippen LogP contribution in [0.1, 0.15) is 22.7 Å². The molecule has 3 heteroatoms. The van der Waals surface area contributed by atoms with Crippen molar-refractivity contribution in [3.05, 3.63) is 75.8 Å². The number of hydrogen-bond donors (Lipinski definition) is 0. The highest BCUT2D eigenvalue weighted by Crippen LogP contribution is 2.46. The van der Waals surface area contributed by atoms with Crippen LogP contribution in [0, 0.1) is 11.3 Å². The van der Waals surface area contributed by atoms with Crippen molar-refractivity contribution in [3.8, 4) is 6.07 Å². The van der Waals surface area contributed by atoms with Crippen molar-refractivity contribution in [1.29, 1.82) is 5.26 Å². The molecule has 0 radical (unpaired) electrons. The van der Waals surface area contributed by atoms with Gasteiger partial charge in [-0.25, -0.2) is 0 Å². The minimum atomic E-state index is 0.195. The maximum atomic E-state index is 9.59. The van der Waals surface area contributed by atoms with Crippen LogP contribution in [-0.2, 0) is 6.42 Å². The average Bonchev–Trinajstić information content (AvgIpc) is 2.94. The van der Waals surface area contributed by atoms with E-state index in [9.17, 15) is 5.26 Å². The molecule has 0 N–H and O–H groups in total. The SMILES string of the molecule is N#CC1=C(c2ccc(Cl)cc2)C2c3ccccc3CCN2C1. The molecule has 2 aliphatic heterocycles. The molecule has 0 aromatic heterocycles. The lowest BCUT2D eigenvalue weighted by Gasteiger charge is -2.33. The molecular formula is C19H15ClN2. The Morgan fingerprint density at radius 3 is 2.64 bits per heavy atom. The molecule has 1 unspecified atom stereocenters. The second-order valence-corrected chi connectivity index (χ2v) is 6.27. The highest BCUT2D eigenvalue weighted by atomic mass is 35.5. The van der Waals surface area contributed by atoms with E-state index in [1.807, 2.05) is 24.3 Å². The minimum absolute atomic E-state index is 0.195. The van der Waals surface area contributed by atoms with Gasteiger partial charge in [0.2, 0.25) is 0 Å². The van der Waals surface area contributed by atoms with Gasteiger partial charge in [0, 0.05) is 23.7 Å². The Labute approximate surface area is 135 Å². The Morgan fingerprint density at radius 1 is 1.09 bits per heavy atom. The monoisotopic (exact) mass is 306 g/mol. The first-order chi connectivity index (χ1) is 10.8. The summed E-state index contributed by atoms with van der Waals surface area (Å²) in [4.78, 5) is 2.41. The van der Waals surface area contributed by atoms with E-state index < -0.39 is 0 Å². The fraction of sp³-hybridized carbons (Fsp3) is 0.211. The van der Waals surface area contributed by atoms with Gasteiger partial charge in [-0.05, 0) is 40.8 Å². The van der Waals surface area contributed by atoms with E-state index in [-0.39, 0.29) is 6.04 Å². The Hall–Kier alpha value is -2.08. The number of benzene rings is 2. The summed E-state index contributed by atoms with van der Waals surface area (Å²) in [7, 11) is 0. The van der Waals surface area contributed by atoms with Gasteiger partial charge in [0.15, 0.2) is 0 Å². The molecule has 1 atom stereocenters. The largest absolute Gasteiger partial charge is 0.287 e. The molecule has 0 spiro atoms. The van der Waals surface area contributed by atoms with E-state index in [2.05, 4.69) is 35.2 Å². The number of hydrogen-bond acceptors (Lipinski definition) is 2.